The number of benzene rings is 2. The summed E-state index contributed by atoms with van der Waals surface area (Å²) in [5.41, 5.74) is 3.15. The van der Waals surface area contributed by atoms with Gasteiger partial charge in [0, 0.05) is 11.1 Å². The Morgan fingerprint density at radius 3 is 2.19 bits per heavy atom. The van der Waals surface area contributed by atoms with Crippen LogP contribution in [0.15, 0.2) is 66.9 Å². The van der Waals surface area contributed by atoms with Gasteiger partial charge in [-0.1, -0.05) is 59.7 Å². The van der Waals surface area contributed by atoms with Gasteiger partial charge in [0.25, 0.3) is 0 Å². The predicted octanol–water partition coefficient (Wildman–Crippen LogP) is 4.61. The Labute approximate surface area is 156 Å². The van der Waals surface area contributed by atoms with E-state index in [9.17, 15) is 14.9 Å². The van der Waals surface area contributed by atoms with E-state index in [0.717, 1.165) is 11.1 Å². The molecular formula is C21H18N2O4. The van der Waals surface area contributed by atoms with Crippen LogP contribution in [0.5, 0.6) is 5.75 Å². The SMILES string of the molecule is Cc1ccc(C(=O)C(Oc2cccnc2[N+](=O)[O-])c2ccc(C)cc2)cc1. The molecule has 3 aromatic rings. The number of nitrogens with zero attached hydrogens (tertiary/aromatic N) is 2. The van der Waals surface area contributed by atoms with E-state index in [1.807, 2.05) is 38.1 Å². The topological polar surface area (TPSA) is 82.3 Å². The van der Waals surface area contributed by atoms with Crippen molar-refractivity contribution in [1.29, 1.82) is 0 Å². The van der Waals surface area contributed by atoms with Crippen LogP contribution in [0.3, 0.4) is 0 Å². The Bertz CT molecular complexity index is 966. The minimum atomic E-state index is -1.02. The fourth-order valence-corrected chi connectivity index (χ4v) is 2.62. The van der Waals surface area contributed by atoms with Crippen LogP contribution in [0.25, 0.3) is 0 Å². The van der Waals surface area contributed by atoms with E-state index in [-0.39, 0.29) is 11.5 Å². The number of Topliss-reactive ketones (excluding diaryl/α,β-unsaturated/α-hetero) is 1. The number of ether oxygens (including phenoxy) is 1. The van der Waals surface area contributed by atoms with Crippen LogP contribution >= 0.6 is 0 Å². The molecule has 0 spiro atoms. The predicted molar refractivity (Wildman–Crippen MR) is 101 cm³/mol. The van der Waals surface area contributed by atoms with Crippen LogP contribution in [0.1, 0.15) is 33.2 Å². The zero-order chi connectivity index (χ0) is 19.4. The smallest absolute Gasteiger partial charge is 0.406 e. The number of carbonyl (C=O) groups is 1. The molecule has 1 heterocycles. The largest absolute Gasteiger partial charge is 0.469 e. The number of nitro groups is 1. The molecule has 1 unspecified atom stereocenters. The highest BCUT2D eigenvalue weighted by Crippen LogP contribution is 2.31. The summed E-state index contributed by atoms with van der Waals surface area (Å²) in [6, 6.07) is 17.4. The van der Waals surface area contributed by atoms with Crippen LogP contribution in [0.4, 0.5) is 5.82 Å². The Morgan fingerprint density at radius 2 is 1.59 bits per heavy atom. The van der Waals surface area contributed by atoms with E-state index in [1.165, 1.54) is 18.3 Å². The molecule has 0 aliphatic rings. The minimum Gasteiger partial charge on any atom is -0.469 e. The van der Waals surface area contributed by atoms with Gasteiger partial charge < -0.3 is 14.9 Å². The van der Waals surface area contributed by atoms with Gasteiger partial charge in [-0.2, -0.15) is 0 Å². The Balaban J connectivity index is 2.02. The summed E-state index contributed by atoms with van der Waals surface area (Å²) in [5.74, 6) is -0.753. The Morgan fingerprint density at radius 1 is 1.00 bits per heavy atom. The zero-order valence-electron chi connectivity index (χ0n) is 15.0. The van der Waals surface area contributed by atoms with Crippen molar-refractivity contribution in [2.24, 2.45) is 0 Å². The molecule has 1 aromatic heterocycles. The van der Waals surface area contributed by atoms with Crippen LogP contribution in [0.2, 0.25) is 0 Å². The third kappa shape index (κ3) is 4.17. The molecule has 0 aliphatic heterocycles. The number of aromatic nitrogens is 1. The van der Waals surface area contributed by atoms with Crippen molar-refractivity contribution < 1.29 is 14.5 Å². The molecule has 1 atom stereocenters. The standard InChI is InChI=1S/C21H18N2O4/c1-14-5-9-16(10-6-14)19(24)20(17-11-7-15(2)8-12-17)27-18-4-3-13-22-21(18)23(25)26/h3-13,20H,1-2H3. The summed E-state index contributed by atoms with van der Waals surface area (Å²) in [7, 11) is 0. The average molecular weight is 362 g/mol. The molecule has 6 heteroatoms. The van der Waals surface area contributed by atoms with Crippen molar-refractivity contribution in [3.8, 4) is 5.75 Å². The van der Waals surface area contributed by atoms with E-state index in [1.54, 1.807) is 24.3 Å². The van der Waals surface area contributed by atoms with Crippen molar-refractivity contribution in [3.05, 3.63) is 99.2 Å². The first-order chi connectivity index (χ1) is 13.0. The average Bonchev–Trinajstić information content (AvgIpc) is 2.67. The highest BCUT2D eigenvalue weighted by molar-refractivity contribution is 6.00. The van der Waals surface area contributed by atoms with Crippen molar-refractivity contribution >= 4 is 11.6 Å². The summed E-state index contributed by atoms with van der Waals surface area (Å²) in [6.07, 6.45) is 0.296. The summed E-state index contributed by atoms with van der Waals surface area (Å²) in [6.45, 7) is 3.87. The van der Waals surface area contributed by atoms with Crippen molar-refractivity contribution in [2.75, 3.05) is 0 Å². The second-order valence-corrected chi connectivity index (χ2v) is 6.22. The van der Waals surface area contributed by atoms with Crippen LogP contribution in [0, 0.1) is 24.0 Å². The molecule has 6 nitrogen and oxygen atoms in total. The molecule has 0 fully saturated rings. The molecule has 0 saturated heterocycles. The first kappa shape index (κ1) is 18.3. The van der Waals surface area contributed by atoms with Crippen LogP contribution in [-0.2, 0) is 0 Å². The lowest BCUT2D eigenvalue weighted by molar-refractivity contribution is -0.390. The van der Waals surface area contributed by atoms with Gasteiger partial charge in [-0.25, -0.2) is 0 Å². The number of hydrogen-bond acceptors (Lipinski definition) is 5. The van der Waals surface area contributed by atoms with E-state index in [0.29, 0.717) is 11.1 Å². The van der Waals surface area contributed by atoms with E-state index >= 15 is 0 Å². The zero-order valence-corrected chi connectivity index (χ0v) is 15.0. The van der Waals surface area contributed by atoms with E-state index in [2.05, 4.69) is 4.98 Å². The van der Waals surface area contributed by atoms with E-state index < -0.39 is 16.8 Å². The lowest BCUT2D eigenvalue weighted by Crippen LogP contribution is -2.20. The number of rotatable bonds is 6. The summed E-state index contributed by atoms with van der Waals surface area (Å²) in [5, 5.41) is 11.2. The Kier molecular flexibility index (Phi) is 5.26. The van der Waals surface area contributed by atoms with Gasteiger partial charge in [0.1, 0.15) is 6.20 Å². The fraction of sp³-hybridized carbons (Fsp3) is 0.143. The molecular weight excluding hydrogens is 344 g/mol. The Hall–Kier alpha value is -3.54. The van der Waals surface area contributed by atoms with Crippen LogP contribution in [-0.4, -0.2) is 15.7 Å². The lowest BCUT2D eigenvalue weighted by Gasteiger charge is -2.18. The van der Waals surface area contributed by atoms with Gasteiger partial charge in [-0.05, 0) is 35.9 Å². The summed E-state index contributed by atoms with van der Waals surface area (Å²) in [4.78, 5) is 27.5. The first-order valence-electron chi connectivity index (χ1n) is 8.39. The van der Waals surface area contributed by atoms with Gasteiger partial charge in [-0.15, -0.1) is 0 Å². The maximum absolute atomic E-state index is 13.1. The van der Waals surface area contributed by atoms with Gasteiger partial charge in [0.2, 0.25) is 11.5 Å². The van der Waals surface area contributed by atoms with Gasteiger partial charge in [-0.3, -0.25) is 4.79 Å². The fourth-order valence-electron chi connectivity index (χ4n) is 2.62. The summed E-state index contributed by atoms with van der Waals surface area (Å²) < 4.78 is 5.83. The number of ketones is 1. The first-order valence-corrected chi connectivity index (χ1v) is 8.39. The number of aryl methyl sites for hydroxylation is 2. The molecule has 0 saturated carbocycles. The van der Waals surface area contributed by atoms with Gasteiger partial charge in [0.05, 0.1) is 0 Å². The van der Waals surface area contributed by atoms with Crippen molar-refractivity contribution in [3.63, 3.8) is 0 Å². The number of pyridine rings is 1. The lowest BCUT2D eigenvalue weighted by atomic mass is 9.98. The van der Waals surface area contributed by atoms with Crippen molar-refractivity contribution in [2.45, 2.75) is 20.0 Å². The van der Waals surface area contributed by atoms with Crippen molar-refractivity contribution in [1.82, 2.24) is 4.98 Å². The maximum Gasteiger partial charge on any atom is 0.406 e. The molecule has 0 N–H and O–H groups in total. The second kappa shape index (κ2) is 7.78. The van der Waals surface area contributed by atoms with E-state index in [4.69, 9.17) is 4.74 Å². The van der Waals surface area contributed by atoms with Gasteiger partial charge >= 0.3 is 5.82 Å². The third-order valence-electron chi connectivity index (χ3n) is 4.12. The molecule has 136 valence electrons. The molecule has 0 amide bonds. The highest BCUT2D eigenvalue weighted by atomic mass is 16.6. The maximum atomic E-state index is 13.1. The molecule has 27 heavy (non-hydrogen) atoms. The third-order valence-corrected chi connectivity index (χ3v) is 4.12. The van der Waals surface area contributed by atoms with Crippen LogP contribution < -0.4 is 4.74 Å². The highest BCUT2D eigenvalue weighted by Gasteiger charge is 2.27. The molecule has 0 bridgehead atoms. The molecule has 2 aromatic carbocycles. The molecule has 0 aliphatic carbocycles. The number of hydrogen-bond donors (Lipinski definition) is 0. The summed E-state index contributed by atoms with van der Waals surface area (Å²) >= 11 is 0. The molecule has 3 rings (SSSR count). The normalized spacial score (nSPS) is 11.6. The quantitative estimate of drug-likeness (QED) is 0.363. The molecule has 0 radical (unpaired) electrons. The van der Waals surface area contributed by atoms with Gasteiger partial charge in [0.15, 0.2) is 6.10 Å². The minimum absolute atomic E-state index is 0.0477. The second-order valence-electron chi connectivity index (χ2n) is 6.22. The monoisotopic (exact) mass is 362 g/mol. The number of carbonyl (C=O) groups excluding carboxylic acids is 1.